The highest BCUT2D eigenvalue weighted by atomic mass is 16.6. The summed E-state index contributed by atoms with van der Waals surface area (Å²) in [5.74, 6) is -0.310. The fraction of sp³-hybridized carbons (Fsp3) is 0.250. The summed E-state index contributed by atoms with van der Waals surface area (Å²) in [6.07, 6.45) is 2.36. The van der Waals surface area contributed by atoms with Gasteiger partial charge in [-0.25, -0.2) is 0 Å². The monoisotopic (exact) mass is 234 g/mol. The van der Waals surface area contributed by atoms with Crippen LogP contribution in [0.5, 0.6) is 0 Å². The molecule has 1 rings (SSSR count). The predicted octanol–water partition coefficient (Wildman–Crippen LogP) is 2.21. The lowest BCUT2D eigenvalue weighted by Gasteiger charge is -2.04. The summed E-state index contributed by atoms with van der Waals surface area (Å²) >= 11 is 0. The van der Waals surface area contributed by atoms with Gasteiger partial charge in [0.2, 0.25) is 0 Å². The summed E-state index contributed by atoms with van der Waals surface area (Å²) in [5, 5.41) is 13.4. The van der Waals surface area contributed by atoms with Gasteiger partial charge in [-0.15, -0.1) is 6.58 Å². The summed E-state index contributed by atoms with van der Waals surface area (Å²) in [7, 11) is 0. The smallest absolute Gasteiger partial charge is 0.273 e. The van der Waals surface area contributed by atoms with E-state index in [1.165, 1.54) is 6.07 Å². The van der Waals surface area contributed by atoms with Crippen molar-refractivity contribution in [3.05, 3.63) is 52.1 Å². The van der Waals surface area contributed by atoms with Crippen LogP contribution in [0.3, 0.4) is 0 Å². The minimum Gasteiger partial charge on any atom is -0.352 e. The minimum atomic E-state index is -0.490. The van der Waals surface area contributed by atoms with E-state index in [1.54, 1.807) is 25.1 Å². The first kappa shape index (κ1) is 12.9. The van der Waals surface area contributed by atoms with Gasteiger partial charge in [0, 0.05) is 23.7 Å². The molecule has 90 valence electrons. The van der Waals surface area contributed by atoms with Crippen LogP contribution in [0.1, 0.15) is 22.3 Å². The molecule has 0 spiro atoms. The Labute approximate surface area is 99.3 Å². The normalized spacial score (nSPS) is 9.71. The van der Waals surface area contributed by atoms with Gasteiger partial charge in [0.25, 0.3) is 11.6 Å². The number of nitrogens with one attached hydrogen (secondary N) is 1. The molecule has 0 fully saturated rings. The number of amides is 1. The second-order valence-corrected chi connectivity index (χ2v) is 3.59. The highest BCUT2D eigenvalue weighted by molar-refractivity contribution is 5.94. The summed E-state index contributed by atoms with van der Waals surface area (Å²) in [5.41, 5.74) is 0.797. The van der Waals surface area contributed by atoms with Crippen LogP contribution >= 0.6 is 0 Å². The highest BCUT2D eigenvalue weighted by Crippen LogP contribution is 2.19. The lowest BCUT2D eigenvalue weighted by Crippen LogP contribution is -2.24. The maximum Gasteiger partial charge on any atom is 0.273 e. The maximum absolute atomic E-state index is 11.6. The van der Waals surface area contributed by atoms with E-state index >= 15 is 0 Å². The topological polar surface area (TPSA) is 72.2 Å². The molecule has 0 bridgehead atoms. The minimum absolute atomic E-state index is 0.0404. The quantitative estimate of drug-likeness (QED) is 0.367. The van der Waals surface area contributed by atoms with Gasteiger partial charge in [-0.05, 0) is 19.4 Å². The van der Waals surface area contributed by atoms with Crippen LogP contribution in [0.25, 0.3) is 0 Å². The van der Waals surface area contributed by atoms with Gasteiger partial charge in [-0.3, -0.25) is 14.9 Å². The van der Waals surface area contributed by atoms with Crippen LogP contribution in [-0.2, 0) is 0 Å². The molecule has 0 atom stereocenters. The fourth-order valence-electron chi connectivity index (χ4n) is 1.34. The summed E-state index contributed by atoms with van der Waals surface area (Å²) in [6.45, 7) is 5.65. The number of carbonyl (C=O) groups is 1. The summed E-state index contributed by atoms with van der Waals surface area (Å²) in [6, 6.07) is 4.44. The van der Waals surface area contributed by atoms with Crippen LogP contribution in [0.15, 0.2) is 30.9 Å². The second kappa shape index (κ2) is 5.79. The third-order valence-electron chi connectivity index (χ3n) is 2.30. The largest absolute Gasteiger partial charge is 0.352 e. The molecule has 5 nitrogen and oxygen atoms in total. The van der Waals surface area contributed by atoms with E-state index in [4.69, 9.17) is 0 Å². The van der Waals surface area contributed by atoms with E-state index in [0.717, 1.165) is 0 Å². The van der Waals surface area contributed by atoms with Crippen LogP contribution in [-0.4, -0.2) is 17.4 Å². The zero-order chi connectivity index (χ0) is 12.8. The SMILES string of the molecule is C=CCCNC(=O)c1ccc(C)c([N+](=O)[O-])c1. The predicted molar refractivity (Wildman–Crippen MR) is 65.0 cm³/mol. The lowest BCUT2D eigenvalue weighted by molar-refractivity contribution is -0.385. The Bertz CT molecular complexity index is 455. The third-order valence-corrected chi connectivity index (χ3v) is 2.30. The zero-order valence-electron chi connectivity index (χ0n) is 9.60. The average molecular weight is 234 g/mol. The van der Waals surface area contributed by atoms with Crippen LogP contribution in [0, 0.1) is 17.0 Å². The molecule has 1 aromatic rings. The molecule has 0 aliphatic carbocycles. The highest BCUT2D eigenvalue weighted by Gasteiger charge is 2.14. The molecular formula is C12H14N2O3. The molecule has 0 aliphatic rings. The molecule has 0 heterocycles. The first-order valence-electron chi connectivity index (χ1n) is 5.20. The van der Waals surface area contributed by atoms with Gasteiger partial charge in [0.05, 0.1) is 4.92 Å². The molecule has 1 N–H and O–H groups in total. The number of aryl methyl sites for hydroxylation is 1. The molecular weight excluding hydrogens is 220 g/mol. The first-order chi connectivity index (χ1) is 8.06. The van der Waals surface area contributed by atoms with Crippen LogP contribution < -0.4 is 5.32 Å². The van der Waals surface area contributed by atoms with E-state index in [9.17, 15) is 14.9 Å². The Morgan fingerprint density at radius 1 is 1.59 bits per heavy atom. The van der Waals surface area contributed by atoms with Gasteiger partial charge in [0.15, 0.2) is 0 Å². The second-order valence-electron chi connectivity index (χ2n) is 3.59. The van der Waals surface area contributed by atoms with E-state index in [2.05, 4.69) is 11.9 Å². The fourth-order valence-corrected chi connectivity index (χ4v) is 1.34. The Hall–Kier alpha value is -2.17. The van der Waals surface area contributed by atoms with Crippen molar-refractivity contribution in [3.63, 3.8) is 0 Å². The van der Waals surface area contributed by atoms with Crippen molar-refractivity contribution in [2.75, 3.05) is 6.54 Å². The van der Waals surface area contributed by atoms with Crippen LogP contribution in [0.4, 0.5) is 5.69 Å². The van der Waals surface area contributed by atoms with E-state index in [-0.39, 0.29) is 11.6 Å². The summed E-state index contributed by atoms with van der Waals surface area (Å²) in [4.78, 5) is 21.9. The molecule has 1 aromatic carbocycles. The first-order valence-corrected chi connectivity index (χ1v) is 5.20. The number of nitro groups is 1. The maximum atomic E-state index is 11.6. The van der Waals surface area contributed by atoms with Crippen LogP contribution in [0.2, 0.25) is 0 Å². The Balaban J connectivity index is 2.84. The van der Waals surface area contributed by atoms with Crippen molar-refractivity contribution < 1.29 is 9.72 Å². The number of nitrogens with zero attached hydrogens (tertiary/aromatic N) is 1. The van der Waals surface area contributed by atoms with Crippen molar-refractivity contribution in [1.82, 2.24) is 5.32 Å². The molecule has 0 radical (unpaired) electrons. The van der Waals surface area contributed by atoms with Crippen molar-refractivity contribution in [1.29, 1.82) is 0 Å². The molecule has 0 saturated heterocycles. The van der Waals surface area contributed by atoms with Crippen molar-refractivity contribution in [2.24, 2.45) is 0 Å². The number of carbonyl (C=O) groups excluding carboxylic acids is 1. The molecule has 0 unspecified atom stereocenters. The molecule has 0 aromatic heterocycles. The molecule has 17 heavy (non-hydrogen) atoms. The summed E-state index contributed by atoms with van der Waals surface area (Å²) < 4.78 is 0. The Morgan fingerprint density at radius 3 is 2.88 bits per heavy atom. The Morgan fingerprint density at radius 2 is 2.29 bits per heavy atom. The van der Waals surface area contributed by atoms with Crippen molar-refractivity contribution in [2.45, 2.75) is 13.3 Å². The molecule has 0 aliphatic heterocycles. The number of hydrogen-bond donors (Lipinski definition) is 1. The Kier molecular flexibility index (Phi) is 4.39. The van der Waals surface area contributed by atoms with Crippen molar-refractivity contribution in [3.8, 4) is 0 Å². The number of benzene rings is 1. The van der Waals surface area contributed by atoms with Crippen molar-refractivity contribution >= 4 is 11.6 Å². The van der Waals surface area contributed by atoms with E-state index in [0.29, 0.717) is 24.1 Å². The van der Waals surface area contributed by atoms with Gasteiger partial charge in [0.1, 0.15) is 0 Å². The standard InChI is InChI=1S/C12H14N2O3/c1-3-4-7-13-12(15)10-6-5-9(2)11(8-10)14(16)17/h3,5-6,8H,1,4,7H2,2H3,(H,13,15). The van der Waals surface area contributed by atoms with Gasteiger partial charge in [-0.1, -0.05) is 12.1 Å². The lowest BCUT2D eigenvalue weighted by atomic mass is 10.1. The third kappa shape index (κ3) is 3.41. The number of nitro benzene ring substituents is 1. The number of rotatable bonds is 5. The van der Waals surface area contributed by atoms with E-state index < -0.39 is 4.92 Å². The van der Waals surface area contributed by atoms with Gasteiger partial charge >= 0.3 is 0 Å². The molecule has 1 amide bonds. The van der Waals surface area contributed by atoms with Gasteiger partial charge < -0.3 is 5.32 Å². The zero-order valence-corrected chi connectivity index (χ0v) is 9.60. The van der Waals surface area contributed by atoms with E-state index in [1.807, 2.05) is 0 Å². The van der Waals surface area contributed by atoms with Gasteiger partial charge in [-0.2, -0.15) is 0 Å². The molecule has 5 heteroatoms. The average Bonchev–Trinajstić information content (AvgIpc) is 2.29. The molecule has 0 saturated carbocycles. The number of hydrogen-bond acceptors (Lipinski definition) is 3.